The summed E-state index contributed by atoms with van der Waals surface area (Å²) < 4.78 is 22.9. The first-order chi connectivity index (χ1) is 7.81. The average molecular weight is 277 g/mol. The summed E-state index contributed by atoms with van der Waals surface area (Å²) in [5.74, 6) is 0.793. The highest BCUT2D eigenvalue weighted by Gasteiger charge is 2.39. The van der Waals surface area contributed by atoms with E-state index in [0.717, 1.165) is 0 Å². The summed E-state index contributed by atoms with van der Waals surface area (Å²) in [4.78, 5) is 7.71. The lowest BCUT2D eigenvalue weighted by atomic mass is 10.0. The van der Waals surface area contributed by atoms with Crippen molar-refractivity contribution in [2.24, 2.45) is 0 Å². The first-order valence-corrected chi connectivity index (χ1v) is 7.26. The van der Waals surface area contributed by atoms with Crippen molar-refractivity contribution >= 4 is 33.1 Å². The molecule has 1 aromatic rings. The van der Waals surface area contributed by atoms with Gasteiger partial charge in [0.2, 0.25) is 0 Å². The minimum Gasteiger partial charge on any atom is -0.382 e. The van der Waals surface area contributed by atoms with Crippen LogP contribution in [0.1, 0.15) is 13.3 Å². The quantitative estimate of drug-likeness (QED) is 0.825. The number of nitrogens with zero attached hydrogens (tertiary/aromatic N) is 2. The summed E-state index contributed by atoms with van der Waals surface area (Å²) in [6.07, 6.45) is 1.81. The zero-order valence-corrected chi connectivity index (χ0v) is 10.8. The van der Waals surface area contributed by atoms with E-state index < -0.39 is 15.4 Å². The molecular formula is C9H13ClN4O2S. The maximum Gasteiger partial charge on any atom is 0.152 e. The molecule has 0 aromatic carbocycles. The Labute approximate surface area is 105 Å². The molecule has 3 N–H and O–H groups in total. The third-order valence-electron chi connectivity index (χ3n) is 2.74. The van der Waals surface area contributed by atoms with E-state index in [1.807, 2.05) is 6.92 Å². The fourth-order valence-electron chi connectivity index (χ4n) is 1.87. The normalized spacial score (nSPS) is 26.9. The third kappa shape index (κ3) is 2.61. The predicted octanol–water partition coefficient (Wildman–Crippen LogP) is 0.701. The molecule has 2 heterocycles. The maximum absolute atomic E-state index is 11.5. The van der Waals surface area contributed by atoms with Gasteiger partial charge in [-0.2, -0.15) is 0 Å². The van der Waals surface area contributed by atoms with Crippen molar-refractivity contribution in [3.63, 3.8) is 0 Å². The minimum atomic E-state index is -2.98. The number of halogens is 1. The van der Waals surface area contributed by atoms with Gasteiger partial charge < -0.3 is 11.1 Å². The van der Waals surface area contributed by atoms with E-state index in [2.05, 4.69) is 15.3 Å². The number of aromatic nitrogens is 2. The third-order valence-corrected chi connectivity index (χ3v) is 5.02. The molecule has 17 heavy (non-hydrogen) atoms. The Balaban J connectivity index is 2.25. The molecule has 1 fully saturated rings. The van der Waals surface area contributed by atoms with Crippen molar-refractivity contribution in [3.05, 3.63) is 11.3 Å². The van der Waals surface area contributed by atoms with Crippen LogP contribution in [-0.4, -0.2) is 35.4 Å². The summed E-state index contributed by atoms with van der Waals surface area (Å²) in [7, 11) is -2.98. The molecule has 2 rings (SSSR count). The second-order valence-electron chi connectivity index (χ2n) is 4.45. The van der Waals surface area contributed by atoms with Crippen LogP contribution >= 0.6 is 11.6 Å². The molecule has 1 aromatic heterocycles. The fourth-order valence-corrected chi connectivity index (χ4v) is 4.10. The zero-order chi connectivity index (χ0) is 12.7. The summed E-state index contributed by atoms with van der Waals surface area (Å²) >= 11 is 5.94. The molecule has 8 heteroatoms. The average Bonchev–Trinajstić information content (AvgIpc) is 2.49. The van der Waals surface area contributed by atoms with Gasteiger partial charge in [-0.1, -0.05) is 11.6 Å². The van der Waals surface area contributed by atoms with Gasteiger partial charge in [0.15, 0.2) is 15.7 Å². The van der Waals surface area contributed by atoms with Gasteiger partial charge >= 0.3 is 0 Å². The maximum atomic E-state index is 11.5. The second kappa shape index (κ2) is 3.99. The highest BCUT2D eigenvalue weighted by atomic mass is 35.5. The van der Waals surface area contributed by atoms with Crippen molar-refractivity contribution in [2.75, 3.05) is 22.6 Å². The molecule has 0 amide bonds. The van der Waals surface area contributed by atoms with Gasteiger partial charge in [0.05, 0.1) is 17.0 Å². The number of nitrogens with one attached hydrogen (secondary N) is 1. The lowest BCUT2D eigenvalue weighted by Gasteiger charge is -2.25. The molecule has 1 unspecified atom stereocenters. The lowest BCUT2D eigenvalue weighted by Crippen LogP contribution is -2.36. The molecular weight excluding hydrogens is 264 g/mol. The molecule has 1 aliphatic heterocycles. The Bertz CT molecular complexity index is 548. The van der Waals surface area contributed by atoms with Crippen LogP contribution in [0.5, 0.6) is 0 Å². The van der Waals surface area contributed by atoms with Gasteiger partial charge in [-0.25, -0.2) is 18.4 Å². The summed E-state index contributed by atoms with van der Waals surface area (Å²) in [6, 6.07) is 0. The van der Waals surface area contributed by atoms with Gasteiger partial charge in [-0.05, 0) is 13.3 Å². The molecule has 0 saturated carbocycles. The predicted molar refractivity (Wildman–Crippen MR) is 66.8 cm³/mol. The molecule has 1 atom stereocenters. The Morgan fingerprint density at radius 2 is 2.24 bits per heavy atom. The van der Waals surface area contributed by atoms with E-state index in [1.54, 1.807) is 0 Å². The van der Waals surface area contributed by atoms with Crippen molar-refractivity contribution in [3.8, 4) is 0 Å². The van der Waals surface area contributed by atoms with Gasteiger partial charge in [0, 0.05) is 0 Å². The van der Waals surface area contributed by atoms with Crippen molar-refractivity contribution in [2.45, 2.75) is 18.9 Å². The second-order valence-corrected chi connectivity index (χ2v) is 7.01. The number of hydrogen-bond donors (Lipinski definition) is 2. The fraction of sp³-hybridized carbons (Fsp3) is 0.556. The SMILES string of the molecule is CC1(Nc2ncnc(N)c2Cl)CCS(=O)(=O)C1. The van der Waals surface area contributed by atoms with Gasteiger partial charge in [-0.3, -0.25) is 0 Å². The highest BCUT2D eigenvalue weighted by Crippen LogP contribution is 2.31. The molecule has 0 spiro atoms. The van der Waals surface area contributed by atoms with Crippen molar-refractivity contribution < 1.29 is 8.42 Å². The molecule has 6 nitrogen and oxygen atoms in total. The molecule has 1 aliphatic rings. The van der Waals surface area contributed by atoms with Crippen LogP contribution in [0.15, 0.2) is 6.33 Å². The molecule has 1 saturated heterocycles. The zero-order valence-electron chi connectivity index (χ0n) is 9.27. The van der Waals surface area contributed by atoms with Gasteiger partial charge in [0.1, 0.15) is 17.2 Å². The standard InChI is InChI=1S/C9H13ClN4O2S/c1-9(2-3-17(15,16)4-9)14-8-6(10)7(11)12-5-13-8/h5H,2-4H2,1H3,(H3,11,12,13,14). The van der Waals surface area contributed by atoms with E-state index >= 15 is 0 Å². The number of sulfone groups is 1. The van der Waals surface area contributed by atoms with Crippen LogP contribution in [0.3, 0.4) is 0 Å². The van der Waals surface area contributed by atoms with Crippen LogP contribution in [-0.2, 0) is 9.84 Å². The van der Waals surface area contributed by atoms with Crippen LogP contribution < -0.4 is 11.1 Å². The van der Waals surface area contributed by atoms with Crippen LogP contribution in [0.2, 0.25) is 5.02 Å². The Morgan fingerprint density at radius 1 is 1.53 bits per heavy atom. The van der Waals surface area contributed by atoms with Gasteiger partial charge in [-0.15, -0.1) is 0 Å². The van der Waals surface area contributed by atoms with E-state index in [-0.39, 0.29) is 22.3 Å². The highest BCUT2D eigenvalue weighted by molar-refractivity contribution is 7.91. The van der Waals surface area contributed by atoms with E-state index in [4.69, 9.17) is 17.3 Å². The Kier molecular flexibility index (Phi) is 2.90. The molecule has 0 aliphatic carbocycles. The molecule has 0 radical (unpaired) electrons. The summed E-state index contributed by atoms with van der Waals surface area (Å²) in [5, 5.41) is 3.26. The summed E-state index contributed by atoms with van der Waals surface area (Å²) in [6.45, 7) is 1.83. The minimum absolute atomic E-state index is 0.0697. The monoisotopic (exact) mass is 276 g/mol. The number of nitrogens with two attached hydrogens (primary N) is 1. The number of hydrogen-bond acceptors (Lipinski definition) is 6. The van der Waals surface area contributed by atoms with Gasteiger partial charge in [0.25, 0.3) is 0 Å². The van der Waals surface area contributed by atoms with E-state index in [1.165, 1.54) is 6.33 Å². The number of nitrogen functional groups attached to an aromatic ring is 1. The Hall–Kier alpha value is -1.08. The van der Waals surface area contributed by atoms with E-state index in [0.29, 0.717) is 12.2 Å². The molecule has 0 bridgehead atoms. The topological polar surface area (TPSA) is 98.0 Å². The van der Waals surface area contributed by atoms with Crippen LogP contribution in [0.25, 0.3) is 0 Å². The van der Waals surface area contributed by atoms with Crippen molar-refractivity contribution in [1.82, 2.24) is 9.97 Å². The van der Waals surface area contributed by atoms with Crippen molar-refractivity contribution in [1.29, 1.82) is 0 Å². The number of anilines is 2. The number of rotatable bonds is 2. The van der Waals surface area contributed by atoms with Crippen LogP contribution in [0.4, 0.5) is 11.6 Å². The first kappa shape index (κ1) is 12.4. The summed E-state index contributed by atoms with van der Waals surface area (Å²) in [5.41, 5.74) is 5.00. The lowest BCUT2D eigenvalue weighted by molar-refractivity contribution is 0.572. The first-order valence-electron chi connectivity index (χ1n) is 5.06. The Morgan fingerprint density at radius 3 is 2.82 bits per heavy atom. The molecule has 94 valence electrons. The smallest absolute Gasteiger partial charge is 0.152 e. The largest absolute Gasteiger partial charge is 0.382 e. The van der Waals surface area contributed by atoms with Crippen LogP contribution in [0, 0.1) is 0 Å². The van der Waals surface area contributed by atoms with E-state index in [9.17, 15) is 8.42 Å².